The molecule has 0 heterocycles. The van der Waals surface area contributed by atoms with Gasteiger partial charge >= 0.3 is 0 Å². The van der Waals surface area contributed by atoms with Gasteiger partial charge in [-0.2, -0.15) is 0 Å². The van der Waals surface area contributed by atoms with Crippen LogP contribution in [0.1, 0.15) is 34.1 Å². The molecule has 0 fully saturated rings. The number of allylic oxidation sites excluding steroid dienone is 11. The Hall–Kier alpha value is -2.85. The molecule has 0 rings (SSSR count). The van der Waals surface area contributed by atoms with E-state index in [4.69, 9.17) is 4.74 Å². The Bertz CT molecular complexity index is 837. The summed E-state index contributed by atoms with van der Waals surface area (Å²) in [7, 11) is 0. The molecule has 0 aromatic rings. The van der Waals surface area contributed by atoms with Crippen molar-refractivity contribution in [3.63, 3.8) is 0 Å². The molecule has 176 valence electrons. The molecule has 0 radical (unpaired) electrons. The molecule has 0 N–H and O–H groups in total. The summed E-state index contributed by atoms with van der Waals surface area (Å²) in [5.41, 5.74) is 0.685. The molecule has 4 heteroatoms. The molecule has 0 aromatic carbocycles. The van der Waals surface area contributed by atoms with Gasteiger partial charge in [-0.05, 0) is 48.6 Å². The zero-order chi connectivity index (χ0) is 25.6. The van der Waals surface area contributed by atoms with E-state index < -0.39 is 17.5 Å². The molecule has 2 unspecified atom stereocenters. The zero-order valence-corrected chi connectivity index (χ0v) is 20.0. The number of hydrogen-bond acceptors (Lipinski definition) is 1. The second kappa shape index (κ2) is 15.9. The summed E-state index contributed by atoms with van der Waals surface area (Å²) in [6.07, 6.45) is 5.09. The van der Waals surface area contributed by atoms with Crippen molar-refractivity contribution in [3.8, 4) is 0 Å². The molecule has 0 aliphatic rings. The van der Waals surface area contributed by atoms with Crippen molar-refractivity contribution in [1.29, 1.82) is 0 Å². The van der Waals surface area contributed by atoms with E-state index in [1.165, 1.54) is 25.2 Å². The van der Waals surface area contributed by atoms with Gasteiger partial charge in [0.25, 0.3) is 0 Å². The Morgan fingerprint density at radius 1 is 0.844 bits per heavy atom. The fourth-order valence-electron chi connectivity index (χ4n) is 1.94. The first kappa shape index (κ1) is 31.3. The van der Waals surface area contributed by atoms with Crippen molar-refractivity contribution in [2.24, 2.45) is 5.92 Å². The van der Waals surface area contributed by atoms with E-state index in [2.05, 4.69) is 52.6 Å². The molecule has 0 bridgehead atoms. The largest absolute Gasteiger partial charge is 0.378 e. The van der Waals surface area contributed by atoms with Crippen LogP contribution in [0, 0.1) is 5.92 Å². The van der Waals surface area contributed by atoms with E-state index in [0.717, 1.165) is 6.42 Å². The predicted molar refractivity (Wildman–Crippen MR) is 134 cm³/mol. The molecule has 2 atom stereocenters. The van der Waals surface area contributed by atoms with Crippen LogP contribution in [-0.4, -0.2) is 12.7 Å². The minimum atomic E-state index is -1.14. The molecule has 32 heavy (non-hydrogen) atoms. The van der Waals surface area contributed by atoms with Gasteiger partial charge in [-0.3, -0.25) is 0 Å². The third kappa shape index (κ3) is 11.0. The Kier molecular flexibility index (Phi) is 15.5. The Morgan fingerprint density at radius 3 is 1.75 bits per heavy atom. The number of ether oxygens (including phenoxy) is 1. The van der Waals surface area contributed by atoms with Crippen LogP contribution in [0.15, 0.2) is 122 Å². The summed E-state index contributed by atoms with van der Waals surface area (Å²) >= 11 is 0. The van der Waals surface area contributed by atoms with Gasteiger partial charge in [0.1, 0.15) is 5.83 Å². The maximum absolute atomic E-state index is 14.5. The smallest absolute Gasteiger partial charge is 0.166 e. The van der Waals surface area contributed by atoms with Crippen molar-refractivity contribution in [2.75, 3.05) is 6.61 Å². The molecule has 0 amide bonds. The van der Waals surface area contributed by atoms with E-state index in [9.17, 15) is 13.2 Å². The summed E-state index contributed by atoms with van der Waals surface area (Å²) in [4.78, 5) is 0. The molecule has 0 saturated heterocycles. The summed E-state index contributed by atoms with van der Waals surface area (Å²) < 4.78 is 47.8. The monoisotopic (exact) mass is 446 g/mol. The molecular weight excluding hydrogens is 409 g/mol. The van der Waals surface area contributed by atoms with Crippen LogP contribution >= 0.6 is 0 Å². The van der Waals surface area contributed by atoms with E-state index in [-0.39, 0.29) is 39.9 Å². The summed E-state index contributed by atoms with van der Waals surface area (Å²) in [6, 6.07) is 0. The highest BCUT2D eigenvalue weighted by Gasteiger charge is 2.13. The van der Waals surface area contributed by atoms with Crippen molar-refractivity contribution in [1.82, 2.24) is 0 Å². The Labute approximate surface area is 192 Å². The van der Waals surface area contributed by atoms with Crippen LogP contribution < -0.4 is 0 Å². The summed E-state index contributed by atoms with van der Waals surface area (Å²) in [5.74, 6) is -2.88. The Morgan fingerprint density at radius 2 is 1.31 bits per heavy atom. The van der Waals surface area contributed by atoms with Gasteiger partial charge in [-0.15, -0.1) is 13.2 Å². The highest BCUT2D eigenvalue weighted by Crippen LogP contribution is 2.27. The number of halogens is 3. The summed E-state index contributed by atoms with van der Waals surface area (Å²) in [5, 5.41) is 0. The van der Waals surface area contributed by atoms with Crippen LogP contribution in [0.25, 0.3) is 0 Å². The highest BCUT2D eigenvalue weighted by atomic mass is 19.2. The maximum atomic E-state index is 14.5. The van der Waals surface area contributed by atoms with E-state index in [1.807, 2.05) is 20.8 Å². The SMILES string of the molecule is C=C.C=C(/C=C\C(=C)C(=C)/C(F)=C\C(=C)C(C)COC(C)CC)C(=C)/C(F)=C(/F)C(=C)C. The first-order valence-corrected chi connectivity index (χ1v) is 10.2. The molecule has 0 aliphatic heterocycles. The average Bonchev–Trinajstić information content (AvgIpc) is 2.79. The van der Waals surface area contributed by atoms with E-state index >= 15 is 0 Å². The molecule has 1 nitrogen and oxygen atoms in total. The lowest BCUT2D eigenvalue weighted by Crippen LogP contribution is -2.14. The normalized spacial score (nSPS) is 13.9. The van der Waals surface area contributed by atoms with Crippen molar-refractivity contribution in [3.05, 3.63) is 122 Å². The minimum Gasteiger partial charge on any atom is -0.378 e. The Balaban J connectivity index is 0. The van der Waals surface area contributed by atoms with Crippen LogP contribution in [0.3, 0.4) is 0 Å². The molecule has 0 spiro atoms. The van der Waals surface area contributed by atoms with Gasteiger partial charge in [0.2, 0.25) is 0 Å². The van der Waals surface area contributed by atoms with Crippen molar-refractivity contribution >= 4 is 0 Å². The van der Waals surface area contributed by atoms with Gasteiger partial charge in [0.15, 0.2) is 11.7 Å². The standard InChI is InChI=1S/C26H33F3O.C2H4/c1-11-21(8)30-15-20(7)19(6)14-24(27)22(9)17(4)12-13-18(5)23(10)26(29)25(28)16(2)3;1-2/h12-14,20-21H,2,4-6,9-11,15H2,1,3,7-8H3;1-2H2/b13-12-,24-14+,26-25-;. The van der Waals surface area contributed by atoms with E-state index in [0.29, 0.717) is 12.2 Å². The second-order valence-corrected chi connectivity index (χ2v) is 7.27. The topological polar surface area (TPSA) is 9.23 Å². The average molecular weight is 447 g/mol. The van der Waals surface area contributed by atoms with Gasteiger partial charge in [0.05, 0.1) is 12.7 Å². The zero-order valence-electron chi connectivity index (χ0n) is 20.0. The lowest BCUT2D eigenvalue weighted by atomic mass is 9.99. The lowest BCUT2D eigenvalue weighted by molar-refractivity contribution is 0.0493. The molecule has 0 aliphatic carbocycles. The minimum absolute atomic E-state index is 0.0463. The number of rotatable bonds is 13. The third-order valence-electron chi connectivity index (χ3n) is 4.53. The highest BCUT2D eigenvalue weighted by molar-refractivity contribution is 5.53. The predicted octanol–water partition coefficient (Wildman–Crippen LogP) is 9.16. The van der Waals surface area contributed by atoms with Crippen LogP contribution in [-0.2, 0) is 4.74 Å². The lowest BCUT2D eigenvalue weighted by Gasteiger charge is -2.16. The van der Waals surface area contributed by atoms with Crippen LogP contribution in [0.2, 0.25) is 0 Å². The van der Waals surface area contributed by atoms with Gasteiger partial charge in [0, 0.05) is 17.1 Å². The number of hydrogen-bond donors (Lipinski definition) is 0. The fraction of sp³-hybridized carbons (Fsp3) is 0.286. The van der Waals surface area contributed by atoms with Crippen LogP contribution in [0.5, 0.6) is 0 Å². The maximum Gasteiger partial charge on any atom is 0.166 e. The first-order valence-electron chi connectivity index (χ1n) is 10.2. The van der Waals surface area contributed by atoms with Crippen molar-refractivity contribution < 1.29 is 17.9 Å². The fourth-order valence-corrected chi connectivity index (χ4v) is 1.94. The molecule has 0 saturated carbocycles. The quantitative estimate of drug-likeness (QED) is 0.202. The third-order valence-corrected chi connectivity index (χ3v) is 4.53. The van der Waals surface area contributed by atoms with Gasteiger partial charge < -0.3 is 4.74 Å². The van der Waals surface area contributed by atoms with Crippen molar-refractivity contribution in [2.45, 2.75) is 40.2 Å². The summed E-state index contributed by atoms with van der Waals surface area (Å²) in [6.45, 7) is 35.5. The van der Waals surface area contributed by atoms with Gasteiger partial charge in [-0.25, -0.2) is 13.2 Å². The van der Waals surface area contributed by atoms with Crippen LogP contribution in [0.4, 0.5) is 13.2 Å². The molecular formula is C28H37F3O. The van der Waals surface area contributed by atoms with Gasteiger partial charge in [-0.1, -0.05) is 65.5 Å². The second-order valence-electron chi connectivity index (χ2n) is 7.27. The molecule has 0 aromatic heterocycles. The van der Waals surface area contributed by atoms with E-state index in [1.54, 1.807) is 0 Å². The first-order chi connectivity index (χ1) is 14.8.